The molecule has 0 saturated carbocycles. The zero-order chi connectivity index (χ0) is 27.5. The number of ether oxygens (including phenoxy) is 1. The molecule has 8 nitrogen and oxygen atoms in total. The molecule has 200 valence electrons. The maximum Gasteiger partial charge on any atom is 0.325 e. The summed E-state index contributed by atoms with van der Waals surface area (Å²) >= 11 is 3.47. The fraction of sp³-hybridized carbons (Fsp3) is 0.233. The lowest BCUT2D eigenvalue weighted by atomic mass is 9.91. The van der Waals surface area contributed by atoms with E-state index >= 15 is 0 Å². The Balaban J connectivity index is 1.51. The Bertz CT molecular complexity index is 1450. The topological polar surface area (TPSA) is 108 Å². The number of H-pyrrole nitrogens is 1. The Morgan fingerprint density at radius 3 is 2.38 bits per heavy atom. The van der Waals surface area contributed by atoms with Crippen LogP contribution in [0.1, 0.15) is 47.6 Å². The van der Waals surface area contributed by atoms with E-state index in [1.165, 1.54) is 4.90 Å². The van der Waals surface area contributed by atoms with Gasteiger partial charge in [0.1, 0.15) is 30.3 Å². The summed E-state index contributed by atoms with van der Waals surface area (Å²) in [6.45, 7) is 4.02. The van der Waals surface area contributed by atoms with E-state index in [9.17, 15) is 9.59 Å². The van der Waals surface area contributed by atoms with Crippen molar-refractivity contribution in [1.82, 2.24) is 20.2 Å². The van der Waals surface area contributed by atoms with Gasteiger partial charge in [0.25, 0.3) is 5.91 Å². The van der Waals surface area contributed by atoms with Crippen LogP contribution in [0.2, 0.25) is 0 Å². The lowest BCUT2D eigenvalue weighted by Crippen LogP contribution is -2.38. The van der Waals surface area contributed by atoms with Crippen LogP contribution in [0.5, 0.6) is 5.75 Å². The molecule has 9 heteroatoms. The van der Waals surface area contributed by atoms with Crippen molar-refractivity contribution in [2.24, 2.45) is 0 Å². The van der Waals surface area contributed by atoms with E-state index in [4.69, 9.17) is 14.8 Å². The molecule has 0 radical (unpaired) electrons. The number of aliphatic hydroxyl groups excluding tert-OH is 1. The molecule has 5 rings (SSSR count). The number of carbonyl (C=O) groups is 2. The number of halogens is 1. The highest BCUT2D eigenvalue weighted by atomic mass is 79.9. The first kappa shape index (κ1) is 26.6. The fourth-order valence-electron chi connectivity index (χ4n) is 4.94. The van der Waals surface area contributed by atoms with Crippen LogP contribution in [0.3, 0.4) is 0 Å². The predicted molar refractivity (Wildman–Crippen MR) is 151 cm³/mol. The molecule has 1 fully saturated rings. The minimum atomic E-state index is -0.836. The number of nitrogens with one attached hydrogen (secondary N) is 2. The van der Waals surface area contributed by atoms with Gasteiger partial charge in [0.05, 0.1) is 12.3 Å². The van der Waals surface area contributed by atoms with Crippen LogP contribution >= 0.6 is 15.9 Å². The van der Waals surface area contributed by atoms with Crippen molar-refractivity contribution in [1.29, 1.82) is 0 Å². The number of aliphatic hydroxyl groups is 1. The lowest BCUT2D eigenvalue weighted by molar-refractivity contribution is -0.129. The number of aromatic nitrogens is 2. The molecular formula is C30H29BrN4O4. The highest BCUT2D eigenvalue weighted by Crippen LogP contribution is 2.40. The highest BCUT2D eigenvalue weighted by Gasteiger charge is 2.46. The molecule has 0 aliphatic carbocycles. The summed E-state index contributed by atoms with van der Waals surface area (Å²) in [5, 5.41) is 11.8. The van der Waals surface area contributed by atoms with E-state index in [-0.39, 0.29) is 25.0 Å². The summed E-state index contributed by atoms with van der Waals surface area (Å²) in [5.74, 6) is 0.524. The summed E-state index contributed by atoms with van der Waals surface area (Å²) in [5.41, 5.74) is 4.17. The molecule has 3 N–H and O–H groups in total. The van der Waals surface area contributed by atoms with Crippen molar-refractivity contribution in [3.8, 4) is 17.0 Å². The summed E-state index contributed by atoms with van der Waals surface area (Å²) in [6.07, 6.45) is 0. The number of benzene rings is 3. The average molecular weight is 589 g/mol. The van der Waals surface area contributed by atoms with Gasteiger partial charge < -0.3 is 20.1 Å². The summed E-state index contributed by atoms with van der Waals surface area (Å²) in [4.78, 5) is 36.9. The number of imide groups is 1. The van der Waals surface area contributed by atoms with Crippen molar-refractivity contribution in [3.63, 3.8) is 0 Å². The predicted octanol–water partition coefficient (Wildman–Crippen LogP) is 5.66. The van der Waals surface area contributed by atoms with E-state index in [0.29, 0.717) is 17.1 Å². The monoisotopic (exact) mass is 588 g/mol. The lowest BCUT2D eigenvalue weighted by Gasteiger charge is -2.29. The maximum atomic E-state index is 13.9. The fourth-order valence-corrected chi connectivity index (χ4v) is 5.20. The molecule has 1 aliphatic heterocycles. The van der Waals surface area contributed by atoms with Gasteiger partial charge in [-0.1, -0.05) is 77.5 Å². The molecule has 4 aromatic rings. The Labute approximate surface area is 235 Å². The van der Waals surface area contributed by atoms with Crippen molar-refractivity contribution in [3.05, 3.63) is 106 Å². The van der Waals surface area contributed by atoms with Gasteiger partial charge in [-0.05, 0) is 42.3 Å². The second-order valence-corrected chi connectivity index (χ2v) is 10.4. The molecule has 2 heterocycles. The van der Waals surface area contributed by atoms with Crippen LogP contribution < -0.4 is 10.1 Å². The number of imidazole rings is 1. The zero-order valence-corrected chi connectivity index (χ0v) is 23.2. The van der Waals surface area contributed by atoms with E-state index in [1.807, 2.05) is 68.4 Å². The third-order valence-corrected chi connectivity index (χ3v) is 7.45. The van der Waals surface area contributed by atoms with E-state index in [2.05, 4.69) is 26.2 Å². The standard InChI is InChI=1S/C30H29BrN4O4/c1-18(20-6-4-3-5-7-20)27(28-32-19(2)25(33-28)21-8-12-23(31)13-9-21)35-29(37)26(34-30(35)38)22-10-14-24(15-11-22)39-17-16-36/h3-15,18,26-27,36H,16-17H2,1-2H3,(H,32,33)(H,34,38)/t18-,26+,27?/m0/s1. The number of hydrogen-bond donors (Lipinski definition) is 3. The number of nitrogens with zero attached hydrogens (tertiary/aromatic N) is 2. The third kappa shape index (κ3) is 5.46. The number of hydrogen-bond acceptors (Lipinski definition) is 5. The largest absolute Gasteiger partial charge is 0.491 e. The Kier molecular flexibility index (Phi) is 7.81. The quantitative estimate of drug-likeness (QED) is 0.219. The second kappa shape index (κ2) is 11.4. The minimum Gasteiger partial charge on any atom is -0.491 e. The molecule has 1 saturated heterocycles. The Hall–Kier alpha value is -3.95. The number of rotatable bonds is 9. The number of carbonyl (C=O) groups excluding carboxylic acids is 2. The molecule has 0 spiro atoms. The van der Waals surface area contributed by atoms with Crippen LogP contribution in [-0.4, -0.2) is 45.1 Å². The van der Waals surface area contributed by atoms with Crippen molar-refractivity contribution >= 4 is 27.9 Å². The first-order chi connectivity index (χ1) is 18.9. The summed E-state index contributed by atoms with van der Waals surface area (Å²) < 4.78 is 6.39. The minimum absolute atomic E-state index is 0.0926. The molecule has 1 aliphatic rings. The van der Waals surface area contributed by atoms with Crippen LogP contribution in [0, 0.1) is 6.92 Å². The first-order valence-electron chi connectivity index (χ1n) is 12.7. The molecule has 1 unspecified atom stereocenters. The van der Waals surface area contributed by atoms with Gasteiger partial charge >= 0.3 is 6.03 Å². The maximum absolute atomic E-state index is 13.9. The van der Waals surface area contributed by atoms with Crippen molar-refractivity contribution < 1.29 is 19.4 Å². The van der Waals surface area contributed by atoms with Gasteiger partial charge in [-0.25, -0.2) is 9.78 Å². The van der Waals surface area contributed by atoms with Crippen molar-refractivity contribution in [2.45, 2.75) is 31.8 Å². The Morgan fingerprint density at radius 2 is 1.72 bits per heavy atom. The van der Waals surface area contributed by atoms with Crippen LogP contribution in [0.15, 0.2) is 83.3 Å². The average Bonchev–Trinajstić information content (AvgIpc) is 3.48. The third-order valence-electron chi connectivity index (χ3n) is 6.92. The number of urea groups is 1. The van der Waals surface area contributed by atoms with Gasteiger partial charge in [0.2, 0.25) is 0 Å². The summed E-state index contributed by atoms with van der Waals surface area (Å²) in [7, 11) is 0. The summed E-state index contributed by atoms with van der Waals surface area (Å²) in [6, 6.07) is 22.6. The molecule has 39 heavy (non-hydrogen) atoms. The van der Waals surface area contributed by atoms with Gasteiger partial charge in [-0.2, -0.15) is 0 Å². The normalized spacial score (nSPS) is 16.7. The van der Waals surface area contributed by atoms with Gasteiger partial charge in [0.15, 0.2) is 0 Å². The number of aromatic amines is 1. The second-order valence-electron chi connectivity index (χ2n) is 9.48. The number of amides is 3. The molecule has 0 bridgehead atoms. The highest BCUT2D eigenvalue weighted by molar-refractivity contribution is 9.10. The first-order valence-corrected chi connectivity index (χ1v) is 13.5. The van der Waals surface area contributed by atoms with Crippen molar-refractivity contribution in [2.75, 3.05) is 13.2 Å². The van der Waals surface area contributed by atoms with Crippen LogP contribution in [-0.2, 0) is 4.79 Å². The molecule has 3 aromatic carbocycles. The van der Waals surface area contributed by atoms with Crippen LogP contribution in [0.25, 0.3) is 11.3 Å². The molecular weight excluding hydrogens is 560 g/mol. The molecule has 1 aromatic heterocycles. The molecule has 3 atom stereocenters. The SMILES string of the molecule is Cc1[nH]c(C([C@@H](C)c2ccccc2)N2C(=O)N[C@H](c3ccc(OCCO)cc3)C2=O)nc1-c1ccc(Br)cc1. The van der Waals surface area contributed by atoms with Gasteiger partial charge in [-0.15, -0.1) is 0 Å². The van der Waals surface area contributed by atoms with E-state index in [1.54, 1.807) is 24.3 Å². The van der Waals surface area contributed by atoms with Gasteiger partial charge in [0, 0.05) is 21.6 Å². The van der Waals surface area contributed by atoms with Crippen LogP contribution in [0.4, 0.5) is 4.79 Å². The smallest absolute Gasteiger partial charge is 0.325 e. The van der Waals surface area contributed by atoms with E-state index < -0.39 is 18.1 Å². The zero-order valence-electron chi connectivity index (χ0n) is 21.6. The molecule has 3 amide bonds. The number of aryl methyl sites for hydroxylation is 1. The van der Waals surface area contributed by atoms with Gasteiger partial charge in [-0.3, -0.25) is 9.69 Å². The van der Waals surface area contributed by atoms with E-state index in [0.717, 1.165) is 27.0 Å². The Morgan fingerprint density at radius 1 is 1.03 bits per heavy atom.